The second-order valence-electron chi connectivity index (χ2n) is 4.07. The van der Waals surface area contributed by atoms with Crippen LogP contribution >= 0.6 is 0 Å². The highest BCUT2D eigenvalue weighted by atomic mass is 19.1. The van der Waals surface area contributed by atoms with Gasteiger partial charge in [0.2, 0.25) is 0 Å². The third kappa shape index (κ3) is 1.06. The maximum absolute atomic E-state index is 12.9. The largest absolute Gasteiger partial charge is 0.357 e. The van der Waals surface area contributed by atoms with Gasteiger partial charge in [0.05, 0.1) is 5.54 Å². The summed E-state index contributed by atoms with van der Waals surface area (Å²) in [5.74, 6) is -0.215. The molecule has 0 aliphatic heterocycles. The molecule has 0 atom stereocenters. The van der Waals surface area contributed by atoms with Gasteiger partial charge in [-0.1, -0.05) is 0 Å². The first-order valence-electron chi connectivity index (χ1n) is 4.75. The number of nitrogens with two attached hydrogens (primary N) is 1. The van der Waals surface area contributed by atoms with Crippen LogP contribution in [0, 0.1) is 5.82 Å². The van der Waals surface area contributed by atoms with Crippen LogP contribution in [0.4, 0.5) is 4.39 Å². The highest BCUT2D eigenvalue weighted by Gasteiger charge is 2.41. The number of aromatic amines is 1. The van der Waals surface area contributed by atoms with Gasteiger partial charge in [-0.15, -0.1) is 0 Å². The molecule has 0 radical (unpaired) electrons. The van der Waals surface area contributed by atoms with E-state index in [0.717, 1.165) is 29.4 Å². The van der Waals surface area contributed by atoms with Crippen molar-refractivity contribution in [2.24, 2.45) is 5.73 Å². The standard InChI is InChI=1S/C11H11FN2/c12-8-2-1-7-5-10(11(13)3-4-11)14-9(7)6-8/h1-2,5-6,14H,3-4,13H2. The van der Waals surface area contributed by atoms with Gasteiger partial charge in [0.1, 0.15) is 5.82 Å². The molecule has 1 saturated carbocycles. The minimum atomic E-state index is -0.215. The minimum absolute atomic E-state index is 0.171. The molecule has 1 fully saturated rings. The lowest BCUT2D eigenvalue weighted by Crippen LogP contribution is -2.18. The summed E-state index contributed by atoms with van der Waals surface area (Å²) < 4.78 is 12.9. The molecule has 72 valence electrons. The van der Waals surface area contributed by atoms with E-state index >= 15 is 0 Å². The molecule has 2 aromatic rings. The molecule has 0 bridgehead atoms. The molecule has 0 spiro atoms. The van der Waals surface area contributed by atoms with E-state index < -0.39 is 0 Å². The molecule has 1 aliphatic carbocycles. The highest BCUT2D eigenvalue weighted by molar-refractivity contribution is 5.80. The summed E-state index contributed by atoms with van der Waals surface area (Å²) in [5.41, 5.74) is 7.73. The van der Waals surface area contributed by atoms with E-state index in [-0.39, 0.29) is 11.4 Å². The third-order valence-corrected chi connectivity index (χ3v) is 2.91. The van der Waals surface area contributed by atoms with E-state index in [1.807, 2.05) is 6.07 Å². The summed E-state index contributed by atoms with van der Waals surface area (Å²) in [5, 5.41) is 1.03. The van der Waals surface area contributed by atoms with Crippen molar-refractivity contribution in [2.45, 2.75) is 18.4 Å². The number of hydrogen-bond acceptors (Lipinski definition) is 1. The first kappa shape index (κ1) is 8.00. The number of aromatic nitrogens is 1. The normalized spacial score (nSPS) is 18.7. The Hall–Kier alpha value is -1.35. The summed E-state index contributed by atoms with van der Waals surface area (Å²) in [6.07, 6.45) is 2.03. The summed E-state index contributed by atoms with van der Waals surface area (Å²) >= 11 is 0. The van der Waals surface area contributed by atoms with E-state index in [1.165, 1.54) is 12.1 Å². The Morgan fingerprint density at radius 1 is 1.29 bits per heavy atom. The van der Waals surface area contributed by atoms with Crippen LogP contribution in [0.25, 0.3) is 10.9 Å². The first-order valence-corrected chi connectivity index (χ1v) is 4.75. The Morgan fingerprint density at radius 2 is 2.07 bits per heavy atom. The van der Waals surface area contributed by atoms with Gasteiger partial charge >= 0.3 is 0 Å². The van der Waals surface area contributed by atoms with Crippen LogP contribution in [0.15, 0.2) is 24.3 Å². The Kier molecular flexibility index (Phi) is 1.35. The van der Waals surface area contributed by atoms with Crippen molar-refractivity contribution in [1.29, 1.82) is 0 Å². The lowest BCUT2D eigenvalue weighted by atomic mass is 10.2. The van der Waals surface area contributed by atoms with Crippen molar-refractivity contribution < 1.29 is 4.39 Å². The molecule has 1 heterocycles. The van der Waals surface area contributed by atoms with E-state index in [9.17, 15) is 4.39 Å². The lowest BCUT2D eigenvalue weighted by molar-refractivity contribution is 0.629. The summed E-state index contributed by atoms with van der Waals surface area (Å²) in [4.78, 5) is 3.17. The van der Waals surface area contributed by atoms with Crippen molar-refractivity contribution >= 4 is 10.9 Å². The fraction of sp³-hybridized carbons (Fsp3) is 0.273. The molecule has 0 unspecified atom stereocenters. The van der Waals surface area contributed by atoms with Crippen LogP contribution in [0.2, 0.25) is 0 Å². The van der Waals surface area contributed by atoms with Gasteiger partial charge in [0.15, 0.2) is 0 Å². The van der Waals surface area contributed by atoms with Crippen LogP contribution in [0.3, 0.4) is 0 Å². The fourth-order valence-corrected chi connectivity index (χ4v) is 1.77. The van der Waals surface area contributed by atoms with Crippen LogP contribution in [-0.2, 0) is 5.54 Å². The molecule has 1 aliphatic rings. The zero-order valence-corrected chi connectivity index (χ0v) is 7.68. The van der Waals surface area contributed by atoms with Gasteiger partial charge < -0.3 is 10.7 Å². The monoisotopic (exact) mass is 190 g/mol. The number of nitrogens with one attached hydrogen (secondary N) is 1. The average molecular weight is 190 g/mol. The molecule has 0 saturated heterocycles. The van der Waals surface area contributed by atoms with E-state index in [0.29, 0.717) is 0 Å². The summed E-state index contributed by atoms with van der Waals surface area (Å²) in [7, 11) is 0. The van der Waals surface area contributed by atoms with Gasteiger partial charge in [0, 0.05) is 11.2 Å². The van der Waals surface area contributed by atoms with E-state index in [1.54, 1.807) is 6.07 Å². The Bertz CT molecular complexity index is 497. The predicted molar refractivity (Wildman–Crippen MR) is 53.4 cm³/mol. The van der Waals surface area contributed by atoms with Crippen molar-refractivity contribution in [3.63, 3.8) is 0 Å². The summed E-state index contributed by atoms with van der Waals surface area (Å²) in [6.45, 7) is 0. The summed E-state index contributed by atoms with van der Waals surface area (Å²) in [6, 6.07) is 6.76. The molecular weight excluding hydrogens is 179 g/mol. The molecular formula is C11H11FN2. The number of hydrogen-bond donors (Lipinski definition) is 2. The van der Waals surface area contributed by atoms with Crippen molar-refractivity contribution in [3.8, 4) is 0 Å². The molecule has 1 aromatic carbocycles. The SMILES string of the molecule is NC1(c2cc3ccc(F)cc3[nH]2)CC1. The molecule has 2 nitrogen and oxygen atoms in total. The smallest absolute Gasteiger partial charge is 0.125 e. The zero-order chi connectivity index (χ0) is 9.76. The van der Waals surface area contributed by atoms with Gasteiger partial charge in [-0.3, -0.25) is 0 Å². The number of H-pyrrole nitrogens is 1. The number of benzene rings is 1. The zero-order valence-electron chi connectivity index (χ0n) is 7.68. The number of fused-ring (bicyclic) bond motifs is 1. The fourth-order valence-electron chi connectivity index (χ4n) is 1.77. The maximum Gasteiger partial charge on any atom is 0.125 e. The van der Waals surface area contributed by atoms with Crippen LogP contribution < -0.4 is 5.73 Å². The van der Waals surface area contributed by atoms with Crippen LogP contribution in [0.1, 0.15) is 18.5 Å². The molecule has 3 N–H and O–H groups in total. The molecule has 14 heavy (non-hydrogen) atoms. The number of halogens is 1. The third-order valence-electron chi connectivity index (χ3n) is 2.91. The van der Waals surface area contributed by atoms with Crippen molar-refractivity contribution in [2.75, 3.05) is 0 Å². The Balaban J connectivity index is 2.20. The maximum atomic E-state index is 12.9. The van der Waals surface area contributed by atoms with Gasteiger partial charge in [-0.25, -0.2) is 4.39 Å². The highest BCUT2D eigenvalue weighted by Crippen LogP contribution is 2.42. The van der Waals surface area contributed by atoms with Crippen molar-refractivity contribution in [1.82, 2.24) is 4.98 Å². The van der Waals surface area contributed by atoms with E-state index in [2.05, 4.69) is 4.98 Å². The minimum Gasteiger partial charge on any atom is -0.357 e. The Labute approximate surface area is 80.9 Å². The quantitative estimate of drug-likeness (QED) is 0.711. The lowest BCUT2D eigenvalue weighted by Gasteiger charge is -2.03. The number of rotatable bonds is 1. The average Bonchev–Trinajstić information content (AvgIpc) is 2.77. The predicted octanol–water partition coefficient (Wildman–Crippen LogP) is 2.25. The molecule has 1 aromatic heterocycles. The van der Waals surface area contributed by atoms with Crippen LogP contribution in [0.5, 0.6) is 0 Å². The van der Waals surface area contributed by atoms with Crippen molar-refractivity contribution in [3.05, 3.63) is 35.8 Å². The molecule has 0 amide bonds. The second kappa shape index (κ2) is 2.36. The van der Waals surface area contributed by atoms with Crippen LogP contribution in [-0.4, -0.2) is 4.98 Å². The topological polar surface area (TPSA) is 41.8 Å². The Morgan fingerprint density at radius 3 is 2.79 bits per heavy atom. The van der Waals surface area contributed by atoms with Gasteiger partial charge in [0.25, 0.3) is 0 Å². The van der Waals surface area contributed by atoms with Gasteiger partial charge in [-0.05, 0) is 42.5 Å². The second-order valence-corrected chi connectivity index (χ2v) is 4.07. The molecule has 3 heteroatoms. The van der Waals surface area contributed by atoms with E-state index in [4.69, 9.17) is 5.73 Å². The first-order chi connectivity index (χ1) is 6.67. The van der Waals surface area contributed by atoms with Gasteiger partial charge in [-0.2, -0.15) is 0 Å². The molecule has 3 rings (SSSR count).